The molecule has 0 saturated heterocycles. The summed E-state index contributed by atoms with van der Waals surface area (Å²) in [7, 11) is -4.24. The average Bonchev–Trinajstić information content (AvgIpc) is 2.61. The maximum atomic E-state index is 11.4. The average molecular weight is 510 g/mol. The van der Waals surface area contributed by atoms with E-state index in [0.717, 1.165) is 41.7 Å². The fourth-order valence-electron chi connectivity index (χ4n) is 2.38. The van der Waals surface area contributed by atoms with Crippen LogP contribution in [0.2, 0.25) is 0 Å². The van der Waals surface area contributed by atoms with Crippen molar-refractivity contribution in [1.82, 2.24) is 0 Å². The Morgan fingerprint density at radius 2 is 1.35 bits per heavy atom. The molecule has 0 bridgehead atoms. The van der Waals surface area contributed by atoms with Crippen LogP contribution >= 0.6 is 31.9 Å². The molecule has 2 rings (SSSR count). The Balaban J connectivity index is 2.29. The maximum absolute atomic E-state index is 11.4. The molecule has 0 saturated carbocycles. The molecule has 8 heteroatoms. The maximum Gasteiger partial charge on any atom is 0.294 e. The number of fused-ring (bicyclic) bond motifs is 1. The van der Waals surface area contributed by atoms with Gasteiger partial charge in [-0.15, -0.1) is 0 Å². The Bertz CT molecular complexity index is 824. The van der Waals surface area contributed by atoms with Crippen LogP contribution in [0.3, 0.4) is 0 Å². The first-order chi connectivity index (χ1) is 12.5. The normalized spacial score (nSPS) is 11.7. The van der Waals surface area contributed by atoms with Gasteiger partial charge in [-0.25, -0.2) is 0 Å². The molecule has 2 aromatic rings. The quantitative estimate of drug-likeness (QED) is 0.256. The third kappa shape index (κ3) is 6.40. The summed E-state index contributed by atoms with van der Waals surface area (Å²) in [6.45, 7) is 1.13. The van der Waals surface area contributed by atoms with Crippen molar-refractivity contribution in [2.24, 2.45) is 0 Å². The van der Waals surface area contributed by atoms with Crippen molar-refractivity contribution in [3.8, 4) is 11.5 Å². The van der Waals surface area contributed by atoms with Gasteiger partial charge >= 0.3 is 0 Å². The van der Waals surface area contributed by atoms with Gasteiger partial charge in [0.25, 0.3) is 10.1 Å². The first kappa shape index (κ1) is 21.5. The summed E-state index contributed by atoms with van der Waals surface area (Å²) in [5, 5.41) is 3.34. The van der Waals surface area contributed by atoms with E-state index in [1.54, 1.807) is 12.1 Å². The Hall–Kier alpha value is -0.830. The number of rotatable bonds is 11. The minimum absolute atomic E-state index is 0.138. The van der Waals surface area contributed by atoms with Gasteiger partial charge in [0.15, 0.2) is 11.5 Å². The van der Waals surface area contributed by atoms with Crippen LogP contribution in [-0.2, 0) is 10.1 Å². The molecule has 26 heavy (non-hydrogen) atoms. The van der Waals surface area contributed by atoms with E-state index >= 15 is 0 Å². The molecule has 0 aliphatic heterocycles. The second-order valence-corrected chi connectivity index (χ2v) is 8.78. The first-order valence-corrected chi connectivity index (χ1v) is 12.1. The number of hydrogen-bond acceptors (Lipinski definition) is 4. The van der Waals surface area contributed by atoms with Gasteiger partial charge in [-0.05, 0) is 60.7 Å². The van der Waals surface area contributed by atoms with Gasteiger partial charge in [-0.1, -0.05) is 37.9 Å². The summed E-state index contributed by atoms with van der Waals surface area (Å²) in [5.74, 6) is 1.23. The highest BCUT2D eigenvalue weighted by Gasteiger charge is 2.13. The first-order valence-electron chi connectivity index (χ1n) is 8.38. The van der Waals surface area contributed by atoms with Crippen LogP contribution in [-0.4, -0.2) is 36.8 Å². The second kappa shape index (κ2) is 10.5. The Morgan fingerprint density at radius 1 is 0.808 bits per heavy atom. The van der Waals surface area contributed by atoms with E-state index in [2.05, 4.69) is 31.9 Å². The third-order valence-corrected chi connectivity index (χ3v) is 5.71. The molecular weight excluding hydrogens is 488 g/mol. The van der Waals surface area contributed by atoms with Crippen molar-refractivity contribution >= 4 is 52.8 Å². The highest BCUT2D eigenvalue weighted by Crippen LogP contribution is 2.34. The van der Waals surface area contributed by atoms with Gasteiger partial charge < -0.3 is 9.47 Å². The lowest BCUT2D eigenvalue weighted by Crippen LogP contribution is -2.03. The van der Waals surface area contributed by atoms with Gasteiger partial charge in [0.2, 0.25) is 0 Å². The van der Waals surface area contributed by atoms with E-state index in [-0.39, 0.29) is 4.90 Å². The van der Waals surface area contributed by atoms with Crippen molar-refractivity contribution in [2.75, 3.05) is 23.9 Å². The summed E-state index contributed by atoms with van der Waals surface area (Å²) < 4.78 is 43.7. The lowest BCUT2D eigenvalue weighted by Gasteiger charge is -2.14. The zero-order valence-electron chi connectivity index (χ0n) is 14.3. The molecule has 0 amide bonds. The van der Waals surface area contributed by atoms with Crippen LogP contribution < -0.4 is 9.47 Å². The number of halogens is 2. The van der Waals surface area contributed by atoms with Gasteiger partial charge in [0.05, 0.1) is 18.1 Å². The van der Waals surface area contributed by atoms with Crippen LogP contribution in [0.4, 0.5) is 0 Å². The number of unbranched alkanes of at least 4 members (excludes halogenated alkanes) is 2. The van der Waals surface area contributed by atoms with Gasteiger partial charge in [-0.2, -0.15) is 8.42 Å². The Labute approximate surface area is 171 Å². The molecule has 0 aliphatic carbocycles. The third-order valence-electron chi connectivity index (χ3n) is 3.74. The molecule has 0 aromatic heterocycles. The molecule has 5 nitrogen and oxygen atoms in total. The molecule has 144 valence electrons. The molecule has 0 unspecified atom stereocenters. The summed E-state index contributed by atoms with van der Waals surface area (Å²) in [5.41, 5.74) is 0. The summed E-state index contributed by atoms with van der Waals surface area (Å²) >= 11 is 6.79. The predicted octanol–water partition coefficient (Wildman–Crippen LogP) is 5.19. The zero-order chi connectivity index (χ0) is 19.0. The molecule has 1 N–H and O–H groups in total. The van der Waals surface area contributed by atoms with E-state index in [4.69, 9.17) is 9.47 Å². The zero-order valence-corrected chi connectivity index (χ0v) is 18.3. The molecule has 0 atom stereocenters. The smallest absolute Gasteiger partial charge is 0.294 e. The number of benzene rings is 2. The number of alkyl halides is 2. The Kier molecular flexibility index (Phi) is 8.66. The van der Waals surface area contributed by atoms with Crippen molar-refractivity contribution in [2.45, 2.75) is 30.6 Å². The van der Waals surface area contributed by atoms with E-state index in [9.17, 15) is 13.0 Å². The standard InChI is InChI=1S/C18H22Br2O5S/c19-7-1-3-9-24-17-12-14-5-6-16(26(21,22)23)11-15(14)13-18(17)25-10-4-2-8-20/h5-6,11-13H,1-4,7-10H2,(H,21,22,23). The molecule has 0 fully saturated rings. The van der Waals surface area contributed by atoms with E-state index in [1.165, 1.54) is 12.1 Å². The van der Waals surface area contributed by atoms with E-state index in [1.807, 2.05) is 6.07 Å². The summed E-state index contributed by atoms with van der Waals surface area (Å²) in [4.78, 5) is -0.138. The fraction of sp³-hybridized carbons (Fsp3) is 0.444. The van der Waals surface area contributed by atoms with Gasteiger partial charge in [0.1, 0.15) is 0 Å². The second-order valence-electron chi connectivity index (χ2n) is 5.77. The van der Waals surface area contributed by atoms with Crippen LogP contribution in [0.15, 0.2) is 35.2 Å². The minimum Gasteiger partial charge on any atom is -0.490 e. The lowest BCUT2D eigenvalue weighted by atomic mass is 10.1. The largest absolute Gasteiger partial charge is 0.490 e. The lowest BCUT2D eigenvalue weighted by molar-refractivity contribution is 0.263. The highest BCUT2D eigenvalue weighted by molar-refractivity contribution is 9.09. The van der Waals surface area contributed by atoms with Gasteiger partial charge in [0, 0.05) is 10.7 Å². The summed E-state index contributed by atoms with van der Waals surface area (Å²) in [6.07, 6.45) is 3.85. The Morgan fingerprint density at radius 3 is 1.85 bits per heavy atom. The van der Waals surface area contributed by atoms with Crippen molar-refractivity contribution < 1.29 is 22.4 Å². The molecular formula is C18H22Br2O5S. The molecule has 0 radical (unpaired) electrons. The molecule has 2 aromatic carbocycles. The fourth-order valence-corrected chi connectivity index (χ4v) is 3.69. The topological polar surface area (TPSA) is 72.8 Å². The van der Waals surface area contributed by atoms with Crippen LogP contribution in [0, 0.1) is 0 Å². The van der Waals surface area contributed by atoms with Crippen LogP contribution in [0.5, 0.6) is 11.5 Å². The van der Waals surface area contributed by atoms with E-state index in [0.29, 0.717) is 30.1 Å². The van der Waals surface area contributed by atoms with Crippen molar-refractivity contribution in [1.29, 1.82) is 0 Å². The predicted molar refractivity (Wildman–Crippen MR) is 111 cm³/mol. The highest BCUT2D eigenvalue weighted by atomic mass is 79.9. The molecule has 0 heterocycles. The van der Waals surface area contributed by atoms with Gasteiger partial charge in [-0.3, -0.25) is 4.55 Å². The molecule has 0 aliphatic rings. The summed E-state index contributed by atoms with van der Waals surface area (Å²) in [6, 6.07) is 8.07. The SMILES string of the molecule is O=S(=O)(O)c1ccc2cc(OCCCCBr)c(OCCCCBr)cc2c1. The van der Waals surface area contributed by atoms with E-state index < -0.39 is 10.1 Å². The number of hydrogen-bond donors (Lipinski definition) is 1. The minimum atomic E-state index is -4.24. The monoisotopic (exact) mass is 508 g/mol. The van der Waals surface area contributed by atoms with Crippen LogP contribution in [0.1, 0.15) is 25.7 Å². The van der Waals surface area contributed by atoms with Crippen molar-refractivity contribution in [3.63, 3.8) is 0 Å². The molecule has 0 spiro atoms. The van der Waals surface area contributed by atoms with Crippen LogP contribution in [0.25, 0.3) is 10.8 Å². The number of ether oxygens (including phenoxy) is 2. The van der Waals surface area contributed by atoms with Crippen molar-refractivity contribution in [3.05, 3.63) is 30.3 Å².